The van der Waals surface area contributed by atoms with E-state index in [1.54, 1.807) is 19.1 Å². The largest absolute Gasteiger partial charge is 0.506 e. The van der Waals surface area contributed by atoms with Crippen molar-refractivity contribution in [3.8, 4) is 5.75 Å². The van der Waals surface area contributed by atoms with Crippen LogP contribution in [0.3, 0.4) is 0 Å². The zero-order valence-corrected chi connectivity index (χ0v) is 8.82. The summed E-state index contributed by atoms with van der Waals surface area (Å²) in [7, 11) is 1.86. The summed E-state index contributed by atoms with van der Waals surface area (Å²) >= 11 is 0. The molecule has 1 N–H and O–H groups in total. The minimum absolute atomic E-state index is 0.125. The van der Waals surface area contributed by atoms with Gasteiger partial charge in [0.25, 0.3) is 0 Å². The molecule has 1 aromatic heterocycles. The Morgan fingerprint density at radius 2 is 2.20 bits per heavy atom. The lowest BCUT2D eigenvalue weighted by atomic mass is 10.2. The number of aryl methyl sites for hydroxylation is 1. The number of benzene rings is 1. The summed E-state index contributed by atoms with van der Waals surface area (Å²) in [6, 6.07) is 7.32. The lowest BCUT2D eigenvalue weighted by Crippen LogP contribution is -2.02. The number of aromatic hydroxyl groups is 1. The number of Topliss-reactive ketones (excluding diaryl/α,β-unsaturated/α-hetero) is 1. The first kappa shape index (κ1) is 9.77. The molecule has 1 heterocycles. The van der Waals surface area contributed by atoms with Crippen LogP contribution in [0.1, 0.15) is 12.6 Å². The maximum Gasteiger partial charge on any atom is 0.139 e. The quantitative estimate of drug-likeness (QED) is 0.811. The molecule has 0 saturated carbocycles. The molecule has 0 aliphatic rings. The number of hydrogen-bond acceptors (Lipinski definition) is 2. The van der Waals surface area contributed by atoms with Gasteiger partial charge in [-0.1, -0.05) is 12.1 Å². The second-order valence-electron chi connectivity index (χ2n) is 3.79. The molecule has 0 spiro atoms. The molecule has 0 amide bonds. The van der Waals surface area contributed by atoms with Gasteiger partial charge in [-0.2, -0.15) is 0 Å². The number of para-hydroxylation sites is 1. The molecule has 3 heteroatoms. The van der Waals surface area contributed by atoms with Crippen molar-refractivity contribution in [2.24, 2.45) is 7.05 Å². The molecule has 0 atom stereocenters. The Morgan fingerprint density at radius 3 is 2.80 bits per heavy atom. The van der Waals surface area contributed by atoms with Crippen LogP contribution >= 0.6 is 0 Å². The first-order chi connectivity index (χ1) is 7.09. The van der Waals surface area contributed by atoms with E-state index in [0.717, 1.165) is 16.6 Å². The Morgan fingerprint density at radius 1 is 1.47 bits per heavy atom. The first-order valence-electron chi connectivity index (χ1n) is 4.85. The van der Waals surface area contributed by atoms with Crippen LogP contribution in [0.15, 0.2) is 24.3 Å². The van der Waals surface area contributed by atoms with Crippen molar-refractivity contribution >= 4 is 16.7 Å². The van der Waals surface area contributed by atoms with E-state index in [4.69, 9.17) is 0 Å². The highest BCUT2D eigenvalue weighted by Gasteiger charge is 2.09. The van der Waals surface area contributed by atoms with Crippen LogP contribution in [-0.4, -0.2) is 15.5 Å². The molecule has 0 aliphatic carbocycles. The van der Waals surface area contributed by atoms with E-state index < -0.39 is 0 Å². The van der Waals surface area contributed by atoms with Gasteiger partial charge in [0.15, 0.2) is 0 Å². The number of hydrogen-bond donors (Lipinski definition) is 1. The van der Waals surface area contributed by atoms with Gasteiger partial charge in [-0.25, -0.2) is 0 Å². The van der Waals surface area contributed by atoms with Crippen molar-refractivity contribution in [3.05, 3.63) is 30.0 Å². The van der Waals surface area contributed by atoms with Gasteiger partial charge in [0.05, 0.1) is 5.52 Å². The van der Waals surface area contributed by atoms with Crippen molar-refractivity contribution in [1.82, 2.24) is 4.57 Å². The molecule has 3 nitrogen and oxygen atoms in total. The summed E-state index contributed by atoms with van der Waals surface area (Å²) in [6.45, 7) is 1.57. The number of ketones is 1. The maximum absolute atomic E-state index is 11.1. The lowest BCUT2D eigenvalue weighted by Gasteiger charge is -2.02. The Bertz CT molecular complexity index is 526. The Kier molecular flexibility index (Phi) is 2.23. The van der Waals surface area contributed by atoms with Crippen molar-refractivity contribution in [1.29, 1.82) is 0 Å². The van der Waals surface area contributed by atoms with E-state index in [9.17, 15) is 9.90 Å². The highest BCUT2D eigenvalue weighted by molar-refractivity contribution is 5.88. The van der Waals surface area contributed by atoms with Gasteiger partial charge in [-0.3, -0.25) is 4.79 Å². The van der Waals surface area contributed by atoms with Gasteiger partial charge in [-0.05, 0) is 19.1 Å². The van der Waals surface area contributed by atoms with Gasteiger partial charge >= 0.3 is 0 Å². The van der Waals surface area contributed by atoms with Crippen LogP contribution in [0, 0.1) is 0 Å². The molecule has 78 valence electrons. The Balaban J connectivity index is 2.64. The zero-order valence-electron chi connectivity index (χ0n) is 8.82. The fraction of sp³-hybridized carbons (Fsp3) is 0.250. The lowest BCUT2D eigenvalue weighted by molar-refractivity contribution is -0.116. The maximum atomic E-state index is 11.1. The minimum atomic E-state index is 0.125. The smallest absolute Gasteiger partial charge is 0.139 e. The van der Waals surface area contributed by atoms with Crippen LogP contribution in [0.25, 0.3) is 10.9 Å². The van der Waals surface area contributed by atoms with E-state index in [2.05, 4.69) is 0 Å². The number of fused-ring (bicyclic) bond motifs is 1. The normalized spacial score (nSPS) is 10.8. The van der Waals surface area contributed by atoms with Crippen LogP contribution in [0.2, 0.25) is 0 Å². The molecular formula is C12H13NO2. The average molecular weight is 203 g/mol. The second-order valence-corrected chi connectivity index (χ2v) is 3.79. The molecular weight excluding hydrogens is 190 g/mol. The summed E-state index contributed by atoms with van der Waals surface area (Å²) in [5, 5.41) is 10.7. The molecule has 0 fully saturated rings. The first-order valence-corrected chi connectivity index (χ1v) is 4.85. The average Bonchev–Trinajstić information content (AvgIpc) is 2.44. The molecule has 0 bridgehead atoms. The number of nitrogens with zero attached hydrogens (tertiary/aromatic N) is 1. The van der Waals surface area contributed by atoms with E-state index in [1.807, 2.05) is 23.7 Å². The number of phenols is 1. The highest BCUT2D eigenvalue weighted by Crippen LogP contribution is 2.27. The van der Waals surface area contributed by atoms with Crippen molar-refractivity contribution in [3.63, 3.8) is 0 Å². The third-order valence-electron chi connectivity index (χ3n) is 2.56. The van der Waals surface area contributed by atoms with Crippen molar-refractivity contribution in [2.45, 2.75) is 13.3 Å². The zero-order chi connectivity index (χ0) is 11.0. The van der Waals surface area contributed by atoms with Gasteiger partial charge in [-0.15, -0.1) is 0 Å². The predicted octanol–water partition coefficient (Wildman–Crippen LogP) is 2.02. The highest BCUT2D eigenvalue weighted by atomic mass is 16.3. The minimum Gasteiger partial charge on any atom is -0.506 e. The van der Waals surface area contributed by atoms with Gasteiger partial charge in [0, 0.05) is 24.5 Å². The van der Waals surface area contributed by atoms with E-state index >= 15 is 0 Å². The third kappa shape index (κ3) is 1.61. The van der Waals surface area contributed by atoms with Gasteiger partial charge in [0.1, 0.15) is 11.5 Å². The summed E-state index contributed by atoms with van der Waals surface area (Å²) in [5.74, 6) is 0.380. The molecule has 2 aromatic rings. The topological polar surface area (TPSA) is 42.2 Å². The van der Waals surface area contributed by atoms with Gasteiger partial charge < -0.3 is 9.67 Å². The summed E-state index contributed by atoms with van der Waals surface area (Å²) < 4.78 is 1.87. The van der Waals surface area contributed by atoms with E-state index in [1.165, 1.54) is 0 Å². The monoisotopic (exact) mass is 203 g/mol. The van der Waals surface area contributed by atoms with E-state index in [0.29, 0.717) is 6.42 Å². The van der Waals surface area contributed by atoms with E-state index in [-0.39, 0.29) is 11.5 Å². The summed E-state index contributed by atoms with van der Waals surface area (Å²) in [4.78, 5) is 11.1. The van der Waals surface area contributed by atoms with Crippen LogP contribution in [-0.2, 0) is 18.3 Å². The fourth-order valence-corrected chi connectivity index (χ4v) is 1.88. The molecule has 2 rings (SSSR count). The Labute approximate surface area is 87.9 Å². The number of phenolic OH excluding ortho intramolecular Hbond substituents is 1. The summed E-state index contributed by atoms with van der Waals surface area (Å²) in [5.41, 5.74) is 1.72. The second kappa shape index (κ2) is 3.42. The number of rotatable bonds is 2. The van der Waals surface area contributed by atoms with Gasteiger partial charge in [0.2, 0.25) is 0 Å². The van der Waals surface area contributed by atoms with Crippen molar-refractivity contribution in [2.75, 3.05) is 0 Å². The van der Waals surface area contributed by atoms with Crippen LogP contribution < -0.4 is 0 Å². The SMILES string of the molecule is CC(=O)Cc1cc2cccc(O)c2n1C. The van der Waals surface area contributed by atoms with Crippen LogP contribution in [0.5, 0.6) is 5.75 Å². The summed E-state index contributed by atoms with van der Waals surface area (Å²) in [6.07, 6.45) is 0.407. The molecule has 0 aliphatic heterocycles. The molecule has 0 saturated heterocycles. The molecule has 1 aromatic carbocycles. The van der Waals surface area contributed by atoms with Crippen molar-refractivity contribution < 1.29 is 9.90 Å². The standard InChI is InChI=1S/C12H13NO2/c1-8(14)6-10-7-9-4-3-5-11(15)12(9)13(10)2/h3-5,7,15H,6H2,1-2H3. The molecule has 0 radical (unpaired) electrons. The third-order valence-corrected chi connectivity index (χ3v) is 2.56. The number of aromatic nitrogens is 1. The molecule has 0 unspecified atom stereocenters. The Hall–Kier alpha value is -1.77. The molecule has 15 heavy (non-hydrogen) atoms. The fourth-order valence-electron chi connectivity index (χ4n) is 1.88. The van der Waals surface area contributed by atoms with Crippen LogP contribution in [0.4, 0.5) is 0 Å². The number of carbonyl (C=O) groups excluding carboxylic acids is 1. The predicted molar refractivity (Wildman–Crippen MR) is 59.0 cm³/mol. The number of carbonyl (C=O) groups is 1.